The first-order valence-electron chi connectivity index (χ1n) is 7.08. The van der Waals surface area contributed by atoms with Gasteiger partial charge in [0, 0.05) is 21.2 Å². The van der Waals surface area contributed by atoms with Crippen molar-refractivity contribution in [3.8, 4) is 10.6 Å². The topological polar surface area (TPSA) is 71.1 Å². The summed E-state index contributed by atoms with van der Waals surface area (Å²) >= 11 is 3.96. The summed E-state index contributed by atoms with van der Waals surface area (Å²) in [7, 11) is 0. The molecule has 25 heavy (non-hydrogen) atoms. The van der Waals surface area contributed by atoms with Gasteiger partial charge in [-0.2, -0.15) is 11.3 Å². The third kappa shape index (κ3) is 4.65. The average Bonchev–Trinajstić information content (AvgIpc) is 3.30. The lowest BCUT2D eigenvalue weighted by atomic mass is 10.3. The zero-order valence-electron chi connectivity index (χ0n) is 12.7. The summed E-state index contributed by atoms with van der Waals surface area (Å²) < 4.78 is 13.5. The Morgan fingerprint density at radius 1 is 1.16 bits per heavy atom. The van der Waals surface area contributed by atoms with Crippen molar-refractivity contribution in [3.05, 3.63) is 58.0 Å². The van der Waals surface area contributed by atoms with E-state index in [2.05, 4.69) is 15.8 Å². The molecule has 2 heterocycles. The summed E-state index contributed by atoms with van der Waals surface area (Å²) in [5.41, 5.74) is 5.80. The van der Waals surface area contributed by atoms with Crippen LogP contribution in [-0.2, 0) is 4.79 Å². The van der Waals surface area contributed by atoms with Crippen molar-refractivity contribution >= 4 is 46.2 Å². The number of carbonyl (C=O) groups excluding carboxylic acids is 2. The highest BCUT2D eigenvalue weighted by atomic mass is 32.2. The van der Waals surface area contributed by atoms with Crippen molar-refractivity contribution in [2.75, 3.05) is 5.75 Å². The number of carbonyl (C=O) groups is 2. The maximum Gasteiger partial charge on any atom is 0.289 e. The minimum Gasteiger partial charge on any atom is -0.272 e. The molecule has 0 fully saturated rings. The zero-order valence-corrected chi connectivity index (χ0v) is 15.1. The molecule has 2 amide bonds. The fraction of sp³-hybridized carbons (Fsp3) is 0.0625. The molecule has 128 valence electrons. The molecule has 0 unspecified atom stereocenters. The second-order valence-corrected chi connectivity index (χ2v) is 7.43. The molecule has 3 rings (SSSR count). The number of nitrogens with zero attached hydrogens (tertiary/aromatic N) is 1. The van der Waals surface area contributed by atoms with E-state index in [1.54, 1.807) is 34.9 Å². The Balaban J connectivity index is 1.49. The van der Waals surface area contributed by atoms with Crippen LogP contribution in [0.3, 0.4) is 0 Å². The van der Waals surface area contributed by atoms with Gasteiger partial charge >= 0.3 is 0 Å². The smallest absolute Gasteiger partial charge is 0.272 e. The van der Waals surface area contributed by atoms with E-state index in [-0.39, 0.29) is 17.3 Å². The molecule has 0 aliphatic heterocycles. The third-order valence-electron chi connectivity index (χ3n) is 3.02. The van der Waals surface area contributed by atoms with Crippen molar-refractivity contribution in [2.45, 2.75) is 4.90 Å². The van der Waals surface area contributed by atoms with E-state index in [1.165, 1.54) is 17.4 Å². The number of thiophene rings is 1. The minimum absolute atomic E-state index is 0.0154. The number of benzene rings is 1. The van der Waals surface area contributed by atoms with Gasteiger partial charge in [0.25, 0.3) is 5.91 Å². The standard InChI is InChI=1S/C16H12FN3O2S3/c17-11-3-1-2-4-13(11)24-9-14(21)19-20-15(22)12-8-25-16(18-12)10-5-6-23-7-10/h1-8H,9H2,(H,19,21)(H,20,22). The number of hydrogen-bond acceptors (Lipinski definition) is 6. The van der Waals surface area contributed by atoms with Crippen LogP contribution in [0.25, 0.3) is 10.6 Å². The summed E-state index contributed by atoms with van der Waals surface area (Å²) in [6.07, 6.45) is 0. The summed E-state index contributed by atoms with van der Waals surface area (Å²) in [6.45, 7) is 0. The van der Waals surface area contributed by atoms with Crippen LogP contribution in [0.5, 0.6) is 0 Å². The molecule has 2 aromatic heterocycles. The summed E-state index contributed by atoms with van der Waals surface area (Å²) in [6, 6.07) is 8.12. The van der Waals surface area contributed by atoms with Crippen LogP contribution < -0.4 is 10.9 Å². The molecule has 3 aromatic rings. The fourth-order valence-corrected chi connectivity index (χ4v) is 4.08. The first-order valence-corrected chi connectivity index (χ1v) is 9.89. The van der Waals surface area contributed by atoms with Crippen LogP contribution >= 0.6 is 34.4 Å². The Bertz CT molecular complexity index is 880. The SMILES string of the molecule is O=C(CSc1ccccc1F)NNC(=O)c1csc(-c2ccsc2)n1. The highest BCUT2D eigenvalue weighted by molar-refractivity contribution is 8.00. The van der Waals surface area contributed by atoms with Gasteiger partial charge in [-0.05, 0) is 23.6 Å². The predicted octanol–water partition coefficient (Wildman–Crippen LogP) is 3.56. The molecular weight excluding hydrogens is 381 g/mol. The van der Waals surface area contributed by atoms with E-state index in [9.17, 15) is 14.0 Å². The number of thiazole rings is 1. The van der Waals surface area contributed by atoms with Crippen LogP contribution in [0.15, 0.2) is 51.4 Å². The van der Waals surface area contributed by atoms with E-state index < -0.39 is 11.8 Å². The number of aromatic nitrogens is 1. The summed E-state index contributed by atoms with van der Waals surface area (Å²) in [5, 5.41) is 6.25. The number of amides is 2. The number of thioether (sulfide) groups is 1. The largest absolute Gasteiger partial charge is 0.289 e. The number of hydrazine groups is 1. The van der Waals surface area contributed by atoms with Gasteiger partial charge in [-0.25, -0.2) is 9.37 Å². The molecule has 9 heteroatoms. The fourth-order valence-electron chi connectivity index (χ4n) is 1.83. The molecule has 1 aromatic carbocycles. The number of hydrogen-bond donors (Lipinski definition) is 2. The minimum atomic E-state index is -0.498. The molecule has 0 radical (unpaired) electrons. The van der Waals surface area contributed by atoms with Gasteiger partial charge in [0.2, 0.25) is 5.91 Å². The lowest BCUT2D eigenvalue weighted by Crippen LogP contribution is -2.42. The maximum absolute atomic E-state index is 13.5. The van der Waals surface area contributed by atoms with Gasteiger partial charge in [0.1, 0.15) is 16.5 Å². The Morgan fingerprint density at radius 3 is 2.76 bits per heavy atom. The molecule has 2 N–H and O–H groups in total. The van der Waals surface area contributed by atoms with E-state index in [0.717, 1.165) is 22.3 Å². The van der Waals surface area contributed by atoms with Crippen molar-refractivity contribution in [1.29, 1.82) is 0 Å². The molecular formula is C16H12FN3O2S3. The summed E-state index contributed by atoms with van der Waals surface area (Å²) in [4.78, 5) is 28.4. The predicted molar refractivity (Wildman–Crippen MR) is 98.2 cm³/mol. The van der Waals surface area contributed by atoms with Crippen LogP contribution in [0.2, 0.25) is 0 Å². The summed E-state index contributed by atoms with van der Waals surface area (Å²) in [5.74, 6) is -1.33. The van der Waals surface area contributed by atoms with Crippen molar-refractivity contribution < 1.29 is 14.0 Å². The molecule has 5 nitrogen and oxygen atoms in total. The number of halogens is 1. The number of nitrogens with one attached hydrogen (secondary N) is 2. The van der Waals surface area contributed by atoms with Gasteiger partial charge < -0.3 is 0 Å². The van der Waals surface area contributed by atoms with Crippen molar-refractivity contribution in [1.82, 2.24) is 15.8 Å². The van der Waals surface area contributed by atoms with Crippen LogP contribution in [-0.4, -0.2) is 22.6 Å². The Morgan fingerprint density at radius 2 is 2.00 bits per heavy atom. The van der Waals surface area contributed by atoms with E-state index in [1.807, 2.05) is 16.8 Å². The lowest BCUT2D eigenvalue weighted by molar-refractivity contribution is -0.119. The van der Waals surface area contributed by atoms with E-state index >= 15 is 0 Å². The first kappa shape index (κ1) is 17.6. The molecule has 0 atom stereocenters. The second-order valence-electron chi connectivity index (χ2n) is 4.77. The molecule has 0 saturated carbocycles. The second kappa shape index (κ2) is 8.24. The zero-order chi connectivity index (χ0) is 17.6. The molecule has 0 saturated heterocycles. The van der Waals surface area contributed by atoms with Crippen LogP contribution in [0.4, 0.5) is 4.39 Å². The van der Waals surface area contributed by atoms with E-state index in [0.29, 0.717) is 4.90 Å². The monoisotopic (exact) mass is 393 g/mol. The van der Waals surface area contributed by atoms with Gasteiger partial charge in [0.05, 0.1) is 5.75 Å². The first-order chi connectivity index (χ1) is 12.1. The molecule has 0 spiro atoms. The van der Waals surface area contributed by atoms with Crippen molar-refractivity contribution in [3.63, 3.8) is 0 Å². The number of rotatable bonds is 5. The third-order valence-corrected chi connectivity index (χ3v) is 5.64. The highest BCUT2D eigenvalue weighted by Crippen LogP contribution is 2.25. The average molecular weight is 393 g/mol. The Hall–Kier alpha value is -2.23. The quantitative estimate of drug-likeness (QED) is 0.514. The van der Waals surface area contributed by atoms with Crippen LogP contribution in [0.1, 0.15) is 10.5 Å². The maximum atomic E-state index is 13.5. The van der Waals surface area contributed by atoms with Crippen LogP contribution in [0, 0.1) is 5.82 Å². The van der Waals surface area contributed by atoms with Gasteiger partial charge in [0.15, 0.2) is 0 Å². The molecule has 0 aliphatic rings. The lowest BCUT2D eigenvalue weighted by Gasteiger charge is -2.06. The molecule has 0 aliphatic carbocycles. The molecule has 0 bridgehead atoms. The normalized spacial score (nSPS) is 10.4. The van der Waals surface area contributed by atoms with Gasteiger partial charge in [-0.15, -0.1) is 23.1 Å². The van der Waals surface area contributed by atoms with Gasteiger partial charge in [-0.3, -0.25) is 20.4 Å². The van der Waals surface area contributed by atoms with Gasteiger partial charge in [-0.1, -0.05) is 12.1 Å². The van der Waals surface area contributed by atoms with E-state index in [4.69, 9.17) is 0 Å². The highest BCUT2D eigenvalue weighted by Gasteiger charge is 2.13. The Labute approximate surface area is 155 Å². The van der Waals surface area contributed by atoms with Crippen molar-refractivity contribution in [2.24, 2.45) is 0 Å². The Kier molecular flexibility index (Phi) is 5.79.